The molecule has 0 spiro atoms. The fourth-order valence-corrected chi connectivity index (χ4v) is 3.79. The summed E-state index contributed by atoms with van der Waals surface area (Å²) in [4.78, 5) is 13.3. The van der Waals surface area contributed by atoms with Gasteiger partial charge in [-0.2, -0.15) is 0 Å². The van der Waals surface area contributed by atoms with Crippen molar-refractivity contribution in [2.45, 2.75) is 33.7 Å². The molecule has 6 heteroatoms. The molecule has 3 N–H and O–H groups in total. The number of fused-ring (bicyclic) bond motifs is 1. The van der Waals surface area contributed by atoms with Crippen molar-refractivity contribution < 1.29 is 9.53 Å². The van der Waals surface area contributed by atoms with Crippen LogP contribution in [0.3, 0.4) is 0 Å². The summed E-state index contributed by atoms with van der Waals surface area (Å²) in [7, 11) is 1.91. The number of amides is 1. The number of rotatable bonds is 4. The summed E-state index contributed by atoms with van der Waals surface area (Å²) >= 11 is 5.41. The molecule has 4 aromatic rings. The molecule has 0 saturated carbocycles. The number of carbonyl (C=O) groups excluding carboxylic acids is 1. The number of nitrogens with zero attached hydrogens (tertiary/aromatic N) is 1. The Morgan fingerprint density at radius 1 is 0.889 bits per heavy atom. The smallest absolute Gasteiger partial charge is 0.269 e. The molecule has 4 aromatic carbocycles. The lowest BCUT2D eigenvalue weighted by Crippen LogP contribution is -2.32. The van der Waals surface area contributed by atoms with Crippen molar-refractivity contribution in [2.24, 2.45) is 5.73 Å². The van der Waals surface area contributed by atoms with E-state index in [4.69, 9.17) is 22.7 Å². The Hall–Kier alpha value is -3.74. The molecule has 186 valence electrons. The molecule has 1 atom stereocenters. The van der Waals surface area contributed by atoms with Crippen LogP contribution in [0.15, 0.2) is 84.9 Å². The van der Waals surface area contributed by atoms with Gasteiger partial charge in [0.15, 0.2) is 0 Å². The third kappa shape index (κ3) is 7.13. The summed E-state index contributed by atoms with van der Waals surface area (Å²) in [5, 5.41) is 5.57. The number of para-hydroxylation sites is 1. The van der Waals surface area contributed by atoms with Crippen LogP contribution in [0.4, 0.5) is 11.4 Å². The molecule has 0 aromatic heterocycles. The van der Waals surface area contributed by atoms with Gasteiger partial charge in [-0.1, -0.05) is 60.7 Å². The van der Waals surface area contributed by atoms with Gasteiger partial charge >= 0.3 is 0 Å². The van der Waals surface area contributed by atoms with E-state index in [2.05, 4.69) is 36.5 Å². The van der Waals surface area contributed by atoms with Crippen LogP contribution in [-0.2, 0) is 4.79 Å². The lowest BCUT2D eigenvalue weighted by molar-refractivity contribution is -0.117. The summed E-state index contributed by atoms with van der Waals surface area (Å²) in [5.41, 5.74) is 10.7. The van der Waals surface area contributed by atoms with Gasteiger partial charge in [0.1, 0.15) is 5.75 Å². The summed E-state index contributed by atoms with van der Waals surface area (Å²) < 4.78 is 5.84. The van der Waals surface area contributed by atoms with Gasteiger partial charge in [-0.05, 0) is 91.6 Å². The highest BCUT2D eigenvalue weighted by atomic mass is 32.1. The normalized spacial score (nSPS) is 11.2. The van der Waals surface area contributed by atoms with Crippen molar-refractivity contribution in [2.75, 3.05) is 17.3 Å². The van der Waals surface area contributed by atoms with Crippen LogP contribution in [0.1, 0.15) is 23.6 Å². The largest absolute Gasteiger partial charge is 0.432 e. The van der Waals surface area contributed by atoms with Crippen molar-refractivity contribution in [3.8, 4) is 5.75 Å². The molecular weight excluding hydrogens is 466 g/mol. The molecule has 1 amide bonds. The Kier molecular flexibility index (Phi) is 9.17. The Morgan fingerprint density at radius 2 is 1.53 bits per heavy atom. The molecule has 0 radical (unpaired) electrons. The first-order chi connectivity index (χ1) is 17.2. The number of carbonyl (C=O) groups is 1. The third-order valence-electron chi connectivity index (χ3n) is 5.73. The molecule has 0 aliphatic heterocycles. The van der Waals surface area contributed by atoms with Crippen LogP contribution in [-0.4, -0.2) is 24.2 Å². The van der Waals surface area contributed by atoms with Crippen LogP contribution in [0, 0.1) is 20.8 Å². The number of benzene rings is 4. The minimum absolute atomic E-state index is 0.151. The second-order valence-electron chi connectivity index (χ2n) is 8.82. The van der Waals surface area contributed by atoms with Gasteiger partial charge in [-0.3, -0.25) is 4.79 Å². The van der Waals surface area contributed by atoms with Gasteiger partial charge in [0.05, 0.1) is 6.04 Å². The van der Waals surface area contributed by atoms with Crippen molar-refractivity contribution in [1.82, 2.24) is 0 Å². The van der Waals surface area contributed by atoms with E-state index in [1.165, 1.54) is 10.9 Å². The van der Waals surface area contributed by atoms with Gasteiger partial charge in [-0.15, -0.1) is 0 Å². The summed E-state index contributed by atoms with van der Waals surface area (Å²) in [6.45, 7) is 7.65. The number of hydrogen-bond donors (Lipinski definition) is 2. The predicted molar refractivity (Wildman–Crippen MR) is 155 cm³/mol. The number of nitrogens with two attached hydrogens (primary N) is 1. The second-order valence-corrected chi connectivity index (χ2v) is 9.17. The van der Waals surface area contributed by atoms with Crippen molar-refractivity contribution in [3.63, 3.8) is 0 Å². The Morgan fingerprint density at radius 3 is 2.17 bits per heavy atom. The number of ether oxygens (including phenoxy) is 1. The molecule has 0 bridgehead atoms. The van der Waals surface area contributed by atoms with E-state index >= 15 is 0 Å². The monoisotopic (exact) mass is 499 g/mol. The standard InChI is InChI=1S/C19H17NOS.C11H16N2O/c1-14-6-5-9-17(12-14)20(2)19(22)21-18-11-10-15-7-3-4-8-16(15)13-18;1-7-5-4-6-8(2)10(7)13-11(14)9(3)12/h3-13H,1-2H3;4-6,9H,12H2,1-3H3,(H,13,14). The maximum Gasteiger partial charge on any atom is 0.269 e. The zero-order valence-electron chi connectivity index (χ0n) is 21.4. The summed E-state index contributed by atoms with van der Waals surface area (Å²) in [6, 6.07) is 27.8. The fourth-order valence-electron chi connectivity index (χ4n) is 3.59. The highest BCUT2D eigenvalue weighted by Gasteiger charge is 2.11. The molecule has 0 saturated heterocycles. The predicted octanol–water partition coefficient (Wildman–Crippen LogP) is 6.54. The van der Waals surface area contributed by atoms with E-state index < -0.39 is 6.04 Å². The van der Waals surface area contributed by atoms with Crippen LogP contribution in [0.5, 0.6) is 5.75 Å². The zero-order valence-corrected chi connectivity index (χ0v) is 22.2. The van der Waals surface area contributed by atoms with E-state index in [-0.39, 0.29) is 5.91 Å². The quantitative estimate of drug-likeness (QED) is 0.312. The number of hydrogen-bond acceptors (Lipinski definition) is 4. The third-order valence-corrected chi connectivity index (χ3v) is 6.09. The first-order valence-corrected chi connectivity index (χ1v) is 12.2. The van der Waals surface area contributed by atoms with Crippen molar-refractivity contribution in [3.05, 3.63) is 102 Å². The maximum atomic E-state index is 11.4. The molecule has 36 heavy (non-hydrogen) atoms. The van der Waals surface area contributed by atoms with E-state index in [0.29, 0.717) is 5.17 Å². The van der Waals surface area contributed by atoms with Gasteiger partial charge in [0.25, 0.3) is 5.17 Å². The Bertz CT molecular complexity index is 1350. The van der Waals surface area contributed by atoms with Crippen LogP contribution in [0.2, 0.25) is 0 Å². The number of nitrogens with one attached hydrogen (secondary N) is 1. The van der Waals surface area contributed by atoms with Crippen molar-refractivity contribution in [1.29, 1.82) is 0 Å². The van der Waals surface area contributed by atoms with Crippen LogP contribution >= 0.6 is 12.2 Å². The molecule has 0 heterocycles. The van der Waals surface area contributed by atoms with E-state index in [1.807, 2.05) is 86.5 Å². The molecular formula is C30H33N3O2S. The molecule has 1 unspecified atom stereocenters. The second kappa shape index (κ2) is 12.3. The lowest BCUT2D eigenvalue weighted by atomic mass is 10.1. The highest BCUT2D eigenvalue weighted by Crippen LogP contribution is 2.23. The highest BCUT2D eigenvalue weighted by molar-refractivity contribution is 7.80. The van der Waals surface area contributed by atoms with E-state index in [0.717, 1.165) is 33.6 Å². The van der Waals surface area contributed by atoms with Gasteiger partial charge in [0, 0.05) is 18.4 Å². The molecule has 4 rings (SSSR count). The van der Waals surface area contributed by atoms with Gasteiger partial charge in [-0.25, -0.2) is 0 Å². The molecule has 5 nitrogen and oxygen atoms in total. The average Bonchev–Trinajstić information content (AvgIpc) is 2.86. The summed E-state index contributed by atoms with van der Waals surface area (Å²) in [6.07, 6.45) is 0. The Balaban J connectivity index is 0.000000223. The SMILES string of the molecule is Cc1cccc(C)c1NC(=O)C(C)N.Cc1cccc(N(C)C(=S)Oc2ccc3ccccc3c2)c1. The molecule has 0 fully saturated rings. The first-order valence-electron chi connectivity index (χ1n) is 11.8. The maximum absolute atomic E-state index is 11.4. The number of thiocarbonyl (C=S) groups is 1. The van der Waals surface area contributed by atoms with E-state index in [1.54, 1.807) is 6.92 Å². The topological polar surface area (TPSA) is 67.6 Å². The van der Waals surface area contributed by atoms with Crippen LogP contribution < -0.4 is 20.7 Å². The van der Waals surface area contributed by atoms with Gasteiger partial charge < -0.3 is 20.7 Å². The minimum atomic E-state index is -0.478. The lowest BCUT2D eigenvalue weighted by Gasteiger charge is -2.20. The average molecular weight is 500 g/mol. The minimum Gasteiger partial charge on any atom is -0.432 e. The molecule has 0 aliphatic rings. The van der Waals surface area contributed by atoms with Crippen molar-refractivity contribution >= 4 is 45.4 Å². The molecule has 0 aliphatic carbocycles. The summed E-state index contributed by atoms with van der Waals surface area (Å²) in [5.74, 6) is 0.602. The Labute approximate surface area is 218 Å². The fraction of sp³-hybridized carbons (Fsp3) is 0.200. The first kappa shape index (κ1) is 26.9. The van der Waals surface area contributed by atoms with E-state index in [9.17, 15) is 4.79 Å². The zero-order chi connectivity index (χ0) is 26.2. The number of aryl methyl sites for hydroxylation is 3. The number of anilines is 2. The van der Waals surface area contributed by atoms with Gasteiger partial charge in [0.2, 0.25) is 5.91 Å². The van der Waals surface area contributed by atoms with Crippen LogP contribution in [0.25, 0.3) is 10.8 Å².